The molecule has 30 heavy (non-hydrogen) atoms. The summed E-state index contributed by atoms with van der Waals surface area (Å²) in [5.41, 5.74) is 1.50. The van der Waals surface area contributed by atoms with Gasteiger partial charge in [-0.25, -0.2) is 0 Å². The average Bonchev–Trinajstić information content (AvgIpc) is 3.16. The van der Waals surface area contributed by atoms with Crippen molar-refractivity contribution in [1.82, 2.24) is 15.0 Å². The van der Waals surface area contributed by atoms with E-state index >= 15 is 0 Å². The van der Waals surface area contributed by atoms with E-state index in [9.17, 15) is 4.79 Å². The summed E-state index contributed by atoms with van der Waals surface area (Å²) in [6, 6.07) is 12.7. The molecule has 0 spiro atoms. The zero-order chi connectivity index (χ0) is 21.1. The molecule has 9 heteroatoms. The third-order valence-corrected chi connectivity index (χ3v) is 5.90. The Bertz CT molecular complexity index is 1020. The van der Waals surface area contributed by atoms with Crippen molar-refractivity contribution in [3.8, 4) is 11.4 Å². The Labute approximate surface area is 192 Å². The van der Waals surface area contributed by atoms with E-state index in [1.54, 1.807) is 18.2 Å². The van der Waals surface area contributed by atoms with Crippen LogP contribution in [-0.2, 0) is 11.3 Å². The zero-order valence-corrected chi connectivity index (χ0v) is 19.0. The molecule has 0 aliphatic carbocycles. The first-order valence-electron chi connectivity index (χ1n) is 9.54. The molecule has 6 nitrogen and oxygen atoms in total. The third-order valence-electron chi connectivity index (χ3n) is 4.94. The fraction of sp³-hybridized carbons (Fsp3) is 0.286. The number of hydrogen-bond donors (Lipinski definition) is 1. The number of benzene rings is 2. The second-order valence-electron chi connectivity index (χ2n) is 7.24. The lowest BCUT2D eigenvalue weighted by molar-refractivity contribution is -0.121. The molecule has 2 heterocycles. The van der Waals surface area contributed by atoms with Gasteiger partial charge in [-0.05, 0) is 61.9 Å². The molecule has 1 aromatic heterocycles. The molecule has 1 fully saturated rings. The van der Waals surface area contributed by atoms with Gasteiger partial charge < -0.3 is 9.84 Å². The summed E-state index contributed by atoms with van der Waals surface area (Å²) in [5.74, 6) is 0.918. The van der Waals surface area contributed by atoms with Crippen LogP contribution in [0.15, 0.2) is 51.5 Å². The SMILES string of the molecule is O=C(Nc1cc(Cl)cc(Cl)c1)C1CCCN(Cc2nc(-c3ccc(Br)cc3)no2)C1. The maximum Gasteiger partial charge on any atom is 0.241 e. The minimum atomic E-state index is -0.134. The highest BCUT2D eigenvalue weighted by molar-refractivity contribution is 9.10. The van der Waals surface area contributed by atoms with Crippen molar-refractivity contribution >= 4 is 50.7 Å². The number of carbonyl (C=O) groups excluding carboxylic acids is 1. The molecule has 1 unspecified atom stereocenters. The Morgan fingerprint density at radius 1 is 1.20 bits per heavy atom. The van der Waals surface area contributed by atoms with Gasteiger partial charge in [-0.3, -0.25) is 9.69 Å². The van der Waals surface area contributed by atoms with Gasteiger partial charge in [-0.15, -0.1) is 0 Å². The minimum absolute atomic E-state index is 0.0425. The van der Waals surface area contributed by atoms with Gasteiger partial charge >= 0.3 is 0 Å². The van der Waals surface area contributed by atoms with E-state index in [4.69, 9.17) is 27.7 Å². The van der Waals surface area contributed by atoms with Crippen LogP contribution < -0.4 is 5.32 Å². The van der Waals surface area contributed by atoms with Crippen LogP contribution in [0, 0.1) is 5.92 Å². The van der Waals surface area contributed by atoms with Crippen LogP contribution in [0.25, 0.3) is 11.4 Å². The Morgan fingerprint density at radius 2 is 1.93 bits per heavy atom. The monoisotopic (exact) mass is 508 g/mol. The maximum atomic E-state index is 12.7. The van der Waals surface area contributed by atoms with Gasteiger partial charge in [0.05, 0.1) is 12.5 Å². The lowest BCUT2D eigenvalue weighted by atomic mass is 9.97. The van der Waals surface area contributed by atoms with E-state index in [0.717, 1.165) is 29.4 Å². The highest BCUT2D eigenvalue weighted by Gasteiger charge is 2.27. The van der Waals surface area contributed by atoms with Crippen LogP contribution in [0.3, 0.4) is 0 Å². The van der Waals surface area contributed by atoms with Crippen LogP contribution >= 0.6 is 39.1 Å². The van der Waals surface area contributed by atoms with Gasteiger partial charge in [0.15, 0.2) is 0 Å². The first-order chi connectivity index (χ1) is 14.5. The van der Waals surface area contributed by atoms with E-state index in [0.29, 0.717) is 40.5 Å². The molecule has 1 atom stereocenters. The van der Waals surface area contributed by atoms with Crippen molar-refractivity contribution in [3.05, 3.63) is 62.9 Å². The summed E-state index contributed by atoms with van der Waals surface area (Å²) in [6.07, 6.45) is 1.74. The molecule has 1 saturated heterocycles. The lowest BCUT2D eigenvalue weighted by Gasteiger charge is -2.30. The van der Waals surface area contributed by atoms with Crippen molar-refractivity contribution in [2.45, 2.75) is 19.4 Å². The molecular weight excluding hydrogens is 491 g/mol. The van der Waals surface area contributed by atoms with Gasteiger partial charge in [-0.2, -0.15) is 4.98 Å². The van der Waals surface area contributed by atoms with Gasteiger partial charge in [0, 0.05) is 32.3 Å². The Balaban J connectivity index is 1.37. The first kappa shape index (κ1) is 21.3. The second-order valence-corrected chi connectivity index (χ2v) is 9.03. The molecule has 1 aliphatic heterocycles. The predicted molar refractivity (Wildman–Crippen MR) is 121 cm³/mol. The number of nitrogens with zero attached hydrogens (tertiary/aromatic N) is 3. The highest BCUT2D eigenvalue weighted by atomic mass is 79.9. The number of halogens is 3. The van der Waals surface area contributed by atoms with E-state index in [1.807, 2.05) is 24.3 Å². The van der Waals surface area contributed by atoms with Gasteiger partial charge in [0.2, 0.25) is 17.6 Å². The van der Waals surface area contributed by atoms with Crippen LogP contribution in [0.1, 0.15) is 18.7 Å². The summed E-state index contributed by atoms with van der Waals surface area (Å²) >= 11 is 15.5. The number of likely N-dealkylation sites (tertiary alicyclic amines) is 1. The summed E-state index contributed by atoms with van der Waals surface area (Å²) in [6.45, 7) is 2.01. The lowest BCUT2D eigenvalue weighted by Crippen LogP contribution is -2.40. The van der Waals surface area contributed by atoms with Gasteiger partial charge in [0.1, 0.15) is 0 Å². The van der Waals surface area contributed by atoms with Crippen molar-refractivity contribution in [1.29, 1.82) is 0 Å². The third kappa shape index (κ3) is 5.40. The van der Waals surface area contributed by atoms with E-state index in [-0.39, 0.29) is 11.8 Å². The Hall–Kier alpha value is -1.93. The fourth-order valence-electron chi connectivity index (χ4n) is 3.51. The minimum Gasteiger partial charge on any atom is -0.338 e. The summed E-state index contributed by atoms with van der Waals surface area (Å²) in [5, 5.41) is 7.97. The molecule has 1 N–H and O–H groups in total. The Morgan fingerprint density at radius 3 is 2.67 bits per heavy atom. The number of hydrogen-bond acceptors (Lipinski definition) is 5. The molecule has 4 rings (SSSR count). The number of rotatable bonds is 5. The van der Waals surface area contributed by atoms with Gasteiger partial charge in [-0.1, -0.05) is 44.3 Å². The zero-order valence-electron chi connectivity index (χ0n) is 15.9. The smallest absolute Gasteiger partial charge is 0.241 e. The molecule has 1 aliphatic rings. The average molecular weight is 510 g/mol. The molecule has 0 radical (unpaired) electrons. The van der Waals surface area contributed by atoms with Crippen LogP contribution in [0.5, 0.6) is 0 Å². The molecular formula is C21H19BrCl2N4O2. The second kappa shape index (κ2) is 9.47. The Kier molecular flexibility index (Phi) is 6.73. The van der Waals surface area contributed by atoms with E-state index in [2.05, 4.69) is 36.3 Å². The van der Waals surface area contributed by atoms with E-state index in [1.165, 1.54) is 0 Å². The van der Waals surface area contributed by atoms with E-state index < -0.39 is 0 Å². The maximum absolute atomic E-state index is 12.7. The largest absolute Gasteiger partial charge is 0.338 e. The van der Waals surface area contributed by atoms with Crippen LogP contribution in [-0.4, -0.2) is 34.0 Å². The molecule has 0 saturated carbocycles. The molecule has 2 aromatic carbocycles. The van der Waals surface area contributed by atoms with Crippen molar-refractivity contribution in [2.24, 2.45) is 5.92 Å². The van der Waals surface area contributed by atoms with Gasteiger partial charge in [0.25, 0.3) is 0 Å². The molecule has 156 valence electrons. The molecule has 0 bridgehead atoms. The topological polar surface area (TPSA) is 71.3 Å². The van der Waals surface area contributed by atoms with Crippen molar-refractivity contribution < 1.29 is 9.32 Å². The normalized spacial score (nSPS) is 17.1. The standard InChI is InChI=1S/C21H19BrCl2N4O2/c22-15-5-3-13(4-6-15)20-26-19(30-27-20)12-28-7-1-2-14(11-28)21(29)25-18-9-16(23)8-17(24)10-18/h3-6,8-10,14H,1-2,7,11-12H2,(H,25,29). The fourth-order valence-corrected chi connectivity index (χ4v) is 4.30. The number of aromatic nitrogens is 2. The van der Waals surface area contributed by atoms with Crippen molar-refractivity contribution in [2.75, 3.05) is 18.4 Å². The molecule has 3 aromatic rings. The number of anilines is 1. The highest BCUT2D eigenvalue weighted by Crippen LogP contribution is 2.25. The van der Waals surface area contributed by atoms with Crippen molar-refractivity contribution in [3.63, 3.8) is 0 Å². The quantitative estimate of drug-likeness (QED) is 0.480. The summed E-state index contributed by atoms with van der Waals surface area (Å²) in [4.78, 5) is 19.4. The number of amides is 1. The number of piperidine rings is 1. The first-order valence-corrected chi connectivity index (χ1v) is 11.1. The van der Waals surface area contributed by atoms with Crippen LogP contribution in [0.4, 0.5) is 5.69 Å². The predicted octanol–water partition coefficient (Wildman–Crippen LogP) is 5.66. The van der Waals surface area contributed by atoms with Crippen LogP contribution in [0.2, 0.25) is 10.0 Å². The summed E-state index contributed by atoms with van der Waals surface area (Å²) in [7, 11) is 0. The number of nitrogens with one attached hydrogen (secondary N) is 1. The number of carbonyl (C=O) groups is 1. The summed E-state index contributed by atoms with van der Waals surface area (Å²) < 4.78 is 6.42. The molecule has 1 amide bonds.